The second kappa shape index (κ2) is 7.51. The van der Waals surface area contributed by atoms with E-state index in [4.69, 9.17) is 4.74 Å². The Kier molecular flexibility index (Phi) is 4.87. The fourth-order valence-electron chi connectivity index (χ4n) is 3.65. The van der Waals surface area contributed by atoms with E-state index in [9.17, 15) is 14.4 Å². The number of carbonyl (C=O) groups excluding carboxylic acids is 3. The van der Waals surface area contributed by atoms with Gasteiger partial charge in [0, 0.05) is 35.3 Å². The molecule has 4 rings (SSSR count). The summed E-state index contributed by atoms with van der Waals surface area (Å²) in [5.74, 6) is -0.859. The standard InChI is InChI=1S/C23H21N3O4/c1-4-30-16-9-7-8-15(12-16)26-22(28)19(21(27)24-23(26)29)13-18-14(2)25(3)20-11-6-5-10-17(18)20/h5-13H,4H2,1-3H3,(H,24,27,29)/b19-13-. The number of urea groups is 1. The fraction of sp³-hybridized carbons (Fsp3) is 0.174. The molecule has 2 heterocycles. The molecule has 1 N–H and O–H groups in total. The van der Waals surface area contributed by atoms with E-state index in [2.05, 4.69) is 5.32 Å². The van der Waals surface area contributed by atoms with Crippen LogP contribution in [0.25, 0.3) is 17.0 Å². The Morgan fingerprint density at radius 2 is 1.83 bits per heavy atom. The molecule has 1 aliphatic heterocycles. The Hall–Kier alpha value is -3.87. The molecule has 2 aromatic carbocycles. The third kappa shape index (κ3) is 3.14. The van der Waals surface area contributed by atoms with E-state index in [-0.39, 0.29) is 5.57 Å². The quantitative estimate of drug-likeness (QED) is 0.534. The Morgan fingerprint density at radius 3 is 2.60 bits per heavy atom. The van der Waals surface area contributed by atoms with Gasteiger partial charge in [0.1, 0.15) is 11.3 Å². The summed E-state index contributed by atoms with van der Waals surface area (Å²) in [6.45, 7) is 4.22. The molecule has 0 spiro atoms. The number of amides is 4. The van der Waals surface area contributed by atoms with Gasteiger partial charge >= 0.3 is 6.03 Å². The number of imide groups is 2. The van der Waals surface area contributed by atoms with Crippen LogP contribution < -0.4 is 15.0 Å². The van der Waals surface area contributed by atoms with Crippen molar-refractivity contribution in [2.24, 2.45) is 7.05 Å². The summed E-state index contributed by atoms with van der Waals surface area (Å²) in [4.78, 5) is 39.2. The number of rotatable bonds is 4. The van der Waals surface area contributed by atoms with Gasteiger partial charge in [0.2, 0.25) is 0 Å². The summed E-state index contributed by atoms with van der Waals surface area (Å²) in [5, 5.41) is 3.19. The van der Waals surface area contributed by atoms with Gasteiger partial charge in [0.15, 0.2) is 0 Å². The van der Waals surface area contributed by atoms with Crippen molar-refractivity contribution in [3.63, 3.8) is 0 Å². The molecule has 0 atom stereocenters. The van der Waals surface area contributed by atoms with Crippen LogP contribution in [-0.2, 0) is 16.6 Å². The molecular weight excluding hydrogens is 382 g/mol. The minimum atomic E-state index is -0.787. The number of hydrogen-bond donors (Lipinski definition) is 1. The van der Waals surface area contributed by atoms with Crippen LogP contribution in [0.1, 0.15) is 18.2 Å². The molecule has 4 amide bonds. The topological polar surface area (TPSA) is 80.6 Å². The lowest BCUT2D eigenvalue weighted by Crippen LogP contribution is -2.54. The summed E-state index contributed by atoms with van der Waals surface area (Å²) in [7, 11) is 1.93. The largest absolute Gasteiger partial charge is 0.494 e. The number of nitrogens with zero attached hydrogens (tertiary/aromatic N) is 2. The van der Waals surface area contributed by atoms with Crippen molar-refractivity contribution in [2.45, 2.75) is 13.8 Å². The molecule has 0 aliphatic carbocycles. The Labute approximate surface area is 173 Å². The number of benzene rings is 2. The predicted octanol–water partition coefficient (Wildman–Crippen LogP) is 3.55. The zero-order valence-electron chi connectivity index (χ0n) is 16.9. The van der Waals surface area contributed by atoms with Gasteiger partial charge in [-0.3, -0.25) is 14.9 Å². The Bertz CT molecular complexity index is 1220. The second-order valence-electron chi connectivity index (χ2n) is 6.96. The number of hydrogen-bond acceptors (Lipinski definition) is 4. The van der Waals surface area contributed by atoms with Crippen LogP contribution in [0.5, 0.6) is 5.75 Å². The maximum absolute atomic E-state index is 13.2. The van der Waals surface area contributed by atoms with Crippen LogP contribution in [-0.4, -0.2) is 29.0 Å². The van der Waals surface area contributed by atoms with E-state index in [0.29, 0.717) is 18.0 Å². The SMILES string of the molecule is CCOc1cccc(N2C(=O)NC(=O)/C(=C/c3c(C)n(C)c4ccccc34)C2=O)c1. The lowest BCUT2D eigenvalue weighted by molar-refractivity contribution is -0.122. The van der Waals surface area contributed by atoms with E-state index < -0.39 is 17.8 Å². The number of nitrogens with one attached hydrogen (secondary N) is 1. The molecule has 3 aromatic rings. The van der Waals surface area contributed by atoms with Gasteiger partial charge in [0.25, 0.3) is 11.8 Å². The molecule has 0 saturated carbocycles. The van der Waals surface area contributed by atoms with Crippen LogP contribution >= 0.6 is 0 Å². The van der Waals surface area contributed by atoms with E-state index >= 15 is 0 Å². The van der Waals surface area contributed by atoms with Crippen molar-refractivity contribution in [1.82, 2.24) is 9.88 Å². The second-order valence-corrected chi connectivity index (χ2v) is 6.96. The molecule has 1 fully saturated rings. The summed E-state index contributed by atoms with van der Waals surface area (Å²) >= 11 is 0. The number of aromatic nitrogens is 1. The summed E-state index contributed by atoms with van der Waals surface area (Å²) in [5.41, 5.74) is 2.89. The smallest absolute Gasteiger partial charge is 0.335 e. The van der Waals surface area contributed by atoms with Crippen molar-refractivity contribution < 1.29 is 19.1 Å². The Balaban J connectivity index is 1.81. The number of para-hydroxylation sites is 1. The molecule has 7 nitrogen and oxygen atoms in total. The predicted molar refractivity (Wildman–Crippen MR) is 114 cm³/mol. The third-order valence-corrected chi connectivity index (χ3v) is 5.23. The van der Waals surface area contributed by atoms with Crippen molar-refractivity contribution in [3.05, 3.63) is 65.4 Å². The number of fused-ring (bicyclic) bond motifs is 1. The zero-order valence-corrected chi connectivity index (χ0v) is 16.9. The van der Waals surface area contributed by atoms with Crippen LogP contribution in [0.4, 0.5) is 10.5 Å². The molecule has 0 bridgehead atoms. The van der Waals surface area contributed by atoms with Crippen LogP contribution in [0, 0.1) is 6.92 Å². The first-order chi connectivity index (χ1) is 14.4. The monoisotopic (exact) mass is 403 g/mol. The van der Waals surface area contributed by atoms with Crippen molar-refractivity contribution in [1.29, 1.82) is 0 Å². The summed E-state index contributed by atoms with van der Waals surface area (Å²) < 4.78 is 7.47. The van der Waals surface area contributed by atoms with E-state index in [0.717, 1.165) is 27.1 Å². The molecular formula is C23H21N3O4. The number of ether oxygens (including phenoxy) is 1. The maximum atomic E-state index is 13.2. The highest BCUT2D eigenvalue weighted by atomic mass is 16.5. The third-order valence-electron chi connectivity index (χ3n) is 5.23. The summed E-state index contributed by atoms with van der Waals surface area (Å²) in [6.07, 6.45) is 1.56. The molecule has 30 heavy (non-hydrogen) atoms. The minimum absolute atomic E-state index is 0.101. The van der Waals surface area contributed by atoms with Gasteiger partial charge in [-0.15, -0.1) is 0 Å². The van der Waals surface area contributed by atoms with Gasteiger partial charge in [0.05, 0.1) is 12.3 Å². The molecule has 1 aliphatic rings. The first-order valence-corrected chi connectivity index (χ1v) is 9.60. The van der Waals surface area contributed by atoms with Gasteiger partial charge in [-0.1, -0.05) is 24.3 Å². The summed E-state index contributed by atoms with van der Waals surface area (Å²) in [6, 6.07) is 13.6. The van der Waals surface area contributed by atoms with Crippen molar-refractivity contribution in [3.8, 4) is 5.75 Å². The zero-order chi connectivity index (χ0) is 21.4. The van der Waals surface area contributed by atoms with E-state index in [1.807, 2.05) is 49.7 Å². The molecule has 152 valence electrons. The van der Waals surface area contributed by atoms with E-state index in [1.165, 1.54) is 0 Å². The lowest BCUT2D eigenvalue weighted by Gasteiger charge is -2.26. The molecule has 0 unspecified atom stereocenters. The molecule has 1 saturated heterocycles. The van der Waals surface area contributed by atoms with Crippen LogP contribution in [0.2, 0.25) is 0 Å². The molecule has 1 aromatic heterocycles. The number of carbonyl (C=O) groups is 3. The highest BCUT2D eigenvalue weighted by Crippen LogP contribution is 2.29. The minimum Gasteiger partial charge on any atom is -0.494 e. The number of barbiturate groups is 1. The van der Waals surface area contributed by atoms with Crippen molar-refractivity contribution >= 4 is 40.5 Å². The maximum Gasteiger partial charge on any atom is 0.335 e. The van der Waals surface area contributed by atoms with Crippen LogP contribution in [0.15, 0.2) is 54.1 Å². The van der Waals surface area contributed by atoms with Crippen molar-refractivity contribution in [2.75, 3.05) is 11.5 Å². The normalized spacial score (nSPS) is 15.8. The van der Waals surface area contributed by atoms with Gasteiger partial charge in [-0.05, 0) is 38.1 Å². The fourth-order valence-corrected chi connectivity index (χ4v) is 3.65. The van der Waals surface area contributed by atoms with Gasteiger partial charge in [-0.25, -0.2) is 9.69 Å². The first-order valence-electron chi connectivity index (χ1n) is 9.60. The molecule has 7 heteroatoms. The Morgan fingerprint density at radius 1 is 1.07 bits per heavy atom. The number of anilines is 1. The average Bonchev–Trinajstić information content (AvgIpc) is 2.96. The van der Waals surface area contributed by atoms with Gasteiger partial charge in [-0.2, -0.15) is 0 Å². The average molecular weight is 403 g/mol. The van der Waals surface area contributed by atoms with Gasteiger partial charge < -0.3 is 9.30 Å². The molecule has 0 radical (unpaired) electrons. The highest BCUT2D eigenvalue weighted by molar-refractivity contribution is 6.39. The van der Waals surface area contributed by atoms with Crippen LogP contribution in [0.3, 0.4) is 0 Å². The highest BCUT2D eigenvalue weighted by Gasteiger charge is 2.37. The van der Waals surface area contributed by atoms with E-state index in [1.54, 1.807) is 30.3 Å². The lowest BCUT2D eigenvalue weighted by atomic mass is 10.0. The first kappa shape index (κ1) is 19.4. The number of aryl methyl sites for hydroxylation is 1.